The average molecular weight is 242 g/mol. The number of benzene rings is 1. The lowest BCUT2D eigenvalue weighted by Gasteiger charge is -2.23. The lowest BCUT2D eigenvalue weighted by atomic mass is 9.99. The molecule has 2 atom stereocenters. The standard InChI is InChI=1S/C15H18N2O/c1-12(11-18)17-15(13-5-3-2-4-6-13)14-7-9-16-10-8-14/h2-10,12,15,17-18H,11H2,1H3/t12-,15?/m1/s1. The van der Waals surface area contributed by atoms with Gasteiger partial charge in [-0.2, -0.15) is 0 Å². The molecule has 3 heteroatoms. The Morgan fingerprint density at radius 2 is 1.67 bits per heavy atom. The summed E-state index contributed by atoms with van der Waals surface area (Å²) in [4.78, 5) is 4.04. The highest BCUT2D eigenvalue weighted by atomic mass is 16.3. The van der Waals surface area contributed by atoms with E-state index in [1.807, 2.05) is 37.3 Å². The minimum absolute atomic E-state index is 0.0448. The number of pyridine rings is 1. The fourth-order valence-electron chi connectivity index (χ4n) is 1.92. The molecule has 3 nitrogen and oxygen atoms in total. The minimum Gasteiger partial charge on any atom is -0.395 e. The van der Waals surface area contributed by atoms with Crippen LogP contribution in [0.4, 0.5) is 0 Å². The molecular formula is C15H18N2O. The molecule has 0 radical (unpaired) electrons. The van der Waals surface area contributed by atoms with E-state index >= 15 is 0 Å². The van der Waals surface area contributed by atoms with Gasteiger partial charge >= 0.3 is 0 Å². The second kappa shape index (κ2) is 6.28. The van der Waals surface area contributed by atoms with Crippen LogP contribution in [0.25, 0.3) is 0 Å². The molecule has 0 amide bonds. The number of hydrogen-bond donors (Lipinski definition) is 2. The predicted octanol–water partition coefficient (Wildman–Crippen LogP) is 2.14. The normalized spacial score (nSPS) is 14.1. The smallest absolute Gasteiger partial charge is 0.0582 e. The number of aliphatic hydroxyl groups excluding tert-OH is 1. The SMILES string of the molecule is C[C@H](CO)NC(c1ccccc1)c1ccncc1. The monoisotopic (exact) mass is 242 g/mol. The minimum atomic E-state index is 0.0448. The summed E-state index contributed by atoms with van der Waals surface area (Å²) in [6.07, 6.45) is 3.58. The van der Waals surface area contributed by atoms with Crippen LogP contribution in [-0.4, -0.2) is 22.7 Å². The van der Waals surface area contributed by atoms with Crippen molar-refractivity contribution in [1.82, 2.24) is 10.3 Å². The molecule has 18 heavy (non-hydrogen) atoms. The fraction of sp³-hybridized carbons (Fsp3) is 0.267. The van der Waals surface area contributed by atoms with E-state index in [2.05, 4.69) is 22.4 Å². The van der Waals surface area contributed by atoms with Crippen molar-refractivity contribution in [3.05, 3.63) is 66.0 Å². The van der Waals surface area contributed by atoms with Gasteiger partial charge in [-0.15, -0.1) is 0 Å². The topological polar surface area (TPSA) is 45.1 Å². The van der Waals surface area contributed by atoms with E-state index in [4.69, 9.17) is 0 Å². The first-order valence-corrected chi connectivity index (χ1v) is 6.13. The molecular weight excluding hydrogens is 224 g/mol. The Morgan fingerprint density at radius 1 is 1.06 bits per heavy atom. The molecule has 94 valence electrons. The molecule has 2 N–H and O–H groups in total. The first-order valence-electron chi connectivity index (χ1n) is 6.13. The molecule has 0 aliphatic rings. The fourth-order valence-corrected chi connectivity index (χ4v) is 1.92. The second-order valence-corrected chi connectivity index (χ2v) is 4.37. The Kier molecular flexibility index (Phi) is 4.45. The van der Waals surface area contributed by atoms with Crippen LogP contribution in [0.5, 0.6) is 0 Å². The van der Waals surface area contributed by atoms with Gasteiger partial charge < -0.3 is 10.4 Å². The largest absolute Gasteiger partial charge is 0.395 e. The van der Waals surface area contributed by atoms with Gasteiger partial charge in [0.2, 0.25) is 0 Å². The lowest BCUT2D eigenvalue weighted by Crippen LogP contribution is -2.33. The molecule has 2 rings (SSSR count). The van der Waals surface area contributed by atoms with Crippen LogP contribution >= 0.6 is 0 Å². The van der Waals surface area contributed by atoms with Crippen LogP contribution in [-0.2, 0) is 0 Å². The molecule has 1 aromatic carbocycles. The van der Waals surface area contributed by atoms with Gasteiger partial charge in [-0.3, -0.25) is 4.98 Å². The van der Waals surface area contributed by atoms with Gasteiger partial charge in [0.25, 0.3) is 0 Å². The van der Waals surface area contributed by atoms with Crippen molar-refractivity contribution in [2.45, 2.75) is 19.0 Å². The molecule has 0 aliphatic carbocycles. The number of rotatable bonds is 5. The van der Waals surface area contributed by atoms with E-state index in [1.165, 1.54) is 5.56 Å². The molecule has 1 aromatic heterocycles. The Labute approximate surface area is 108 Å². The molecule has 1 heterocycles. The lowest BCUT2D eigenvalue weighted by molar-refractivity contribution is 0.245. The maximum atomic E-state index is 9.20. The zero-order valence-corrected chi connectivity index (χ0v) is 10.5. The first kappa shape index (κ1) is 12.7. The number of aliphatic hydroxyl groups is 1. The highest BCUT2D eigenvalue weighted by Crippen LogP contribution is 2.21. The van der Waals surface area contributed by atoms with Gasteiger partial charge in [-0.1, -0.05) is 30.3 Å². The third-order valence-corrected chi connectivity index (χ3v) is 2.90. The zero-order valence-electron chi connectivity index (χ0n) is 10.5. The summed E-state index contributed by atoms with van der Waals surface area (Å²) in [5, 5.41) is 12.6. The van der Waals surface area contributed by atoms with Crippen LogP contribution in [0.15, 0.2) is 54.9 Å². The van der Waals surface area contributed by atoms with Crippen molar-refractivity contribution in [3.8, 4) is 0 Å². The van der Waals surface area contributed by atoms with Crippen molar-refractivity contribution >= 4 is 0 Å². The first-order chi connectivity index (χ1) is 8.81. The van der Waals surface area contributed by atoms with Crippen molar-refractivity contribution in [1.29, 1.82) is 0 Å². The Bertz CT molecular complexity index is 419. The summed E-state index contributed by atoms with van der Waals surface area (Å²) in [7, 11) is 0. The van der Waals surface area contributed by atoms with Gasteiger partial charge in [0.15, 0.2) is 0 Å². The van der Waals surface area contributed by atoms with Crippen LogP contribution < -0.4 is 5.32 Å². The number of nitrogens with zero attached hydrogens (tertiary/aromatic N) is 1. The van der Waals surface area contributed by atoms with E-state index < -0.39 is 0 Å². The molecule has 0 spiro atoms. The van der Waals surface area contributed by atoms with Crippen LogP contribution in [0.1, 0.15) is 24.1 Å². The molecule has 0 aliphatic heterocycles. The maximum absolute atomic E-state index is 9.20. The van der Waals surface area contributed by atoms with Gasteiger partial charge in [0, 0.05) is 18.4 Å². The molecule has 2 aromatic rings. The summed E-state index contributed by atoms with van der Waals surface area (Å²) >= 11 is 0. The zero-order chi connectivity index (χ0) is 12.8. The summed E-state index contributed by atoms with van der Waals surface area (Å²) in [5.41, 5.74) is 2.33. The molecule has 1 unspecified atom stereocenters. The molecule has 0 saturated carbocycles. The van der Waals surface area contributed by atoms with Crippen molar-refractivity contribution < 1.29 is 5.11 Å². The third-order valence-electron chi connectivity index (χ3n) is 2.90. The van der Waals surface area contributed by atoms with Crippen LogP contribution in [0.2, 0.25) is 0 Å². The summed E-state index contributed by atoms with van der Waals surface area (Å²) < 4.78 is 0. The second-order valence-electron chi connectivity index (χ2n) is 4.37. The third kappa shape index (κ3) is 3.15. The van der Waals surface area contributed by atoms with Crippen molar-refractivity contribution in [3.63, 3.8) is 0 Å². The number of hydrogen-bond acceptors (Lipinski definition) is 3. The van der Waals surface area contributed by atoms with E-state index in [1.54, 1.807) is 12.4 Å². The average Bonchev–Trinajstić information content (AvgIpc) is 2.46. The van der Waals surface area contributed by atoms with Gasteiger partial charge in [0.05, 0.1) is 12.6 Å². The number of aromatic nitrogens is 1. The van der Waals surface area contributed by atoms with E-state index in [0.29, 0.717) is 0 Å². The Balaban J connectivity index is 2.29. The molecule has 0 fully saturated rings. The van der Waals surface area contributed by atoms with Crippen LogP contribution in [0.3, 0.4) is 0 Å². The summed E-state index contributed by atoms with van der Waals surface area (Å²) in [5.74, 6) is 0. The van der Waals surface area contributed by atoms with Crippen molar-refractivity contribution in [2.75, 3.05) is 6.61 Å². The molecule has 0 saturated heterocycles. The Morgan fingerprint density at radius 3 is 2.28 bits per heavy atom. The highest BCUT2D eigenvalue weighted by Gasteiger charge is 2.15. The summed E-state index contributed by atoms with van der Waals surface area (Å²) in [6.45, 7) is 2.09. The maximum Gasteiger partial charge on any atom is 0.0582 e. The Hall–Kier alpha value is -1.71. The van der Waals surface area contributed by atoms with E-state index in [9.17, 15) is 5.11 Å². The number of nitrogens with one attached hydrogen (secondary N) is 1. The van der Waals surface area contributed by atoms with Gasteiger partial charge in [0.1, 0.15) is 0 Å². The van der Waals surface area contributed by atoms with E-state index in [0.717, 1.165) is 5.56 Å². The quantitative estimate of drug-likeness (QED) is 0.844. The van der Waals surface area contributed by atoms with Gasteiger partial charge in [-0.25, -0.2) is 0 Å². The van der Waals surface area contributed by atoms with E-state index in [-0.39, 0.29) is 18.7 Å². The molecule has 0 bridgehead atoms. The summed E-state index contributed by atoms with van der Waals surface area (Å²) in [6, 6.07) is 14.3. The van der Waals surface area contributed by atoms with Gasteiger partial charge in [-0.05, 0) is 30.2 Å². The predicted molar refractivity (Wildman–Crippen MR) is 72.2 cm³/mol. The van der Waals surface area contributed by atoms with Crippen molar-refractivity contribution in [2.24, 2.45) is 0 Å². The highest BCUT2D eigenvalue weighted by molar-refractivity contribution is 5.30. The van der Waals surface area contributed by atoms with Crippen LogP contribution in [0, 0.1) is 0 Å².